The standard InChI is InChI=1S/C11H14N2O5S/c1-5-4-19-9-6(12-11(16)18-3)8(14)13(9)7(5)10(15)17-2/h6,9H,4H2,1-3H3,(H,12,16). The van der Waals surface area contributed by atoms with Crippen LogP contribution in [0.1, 0.15) is 6.92 Å². The number of nitrogens with zero attached hydrogens (tertiary/aromatic N) is 1. The molecule has 0 aromatic carbocycles. The van der Waals surface area contributed by atoms with E-state index in [-0.39, 0.29) is 17.0 Å². The van der Waals surface area contributed by atoms with Crippen molar-refractivity contribution >= 4 is 29.7 Å². The molecule has 7 nitrogen and oxygen atoms in total. The fourth-order valence-electron chi connectivity index (χ4n) is 2.04. The lowest BCUT2D eigenvalue weighted by Crippen LogP contribution is -2.70. The Morgan fingerprint density at radius 3 is 2.63 bits per heavy atom. The Balaban J connectivity index is 2.18. The van der Waals surface area contributed by atoms with E-state index in [9.17, 15) is 14.4 Å². The first-order chi connectivity index (χ1) is 9.01. The van der Waals surface area contributed by atoms with Crippen molar-refractivity contribution in [3.8, 4) is 0 Å². The first kappa shape index (κ1) is 13.7. The van der Waals surface area contributed by atoms with E-state index in [4.69, 9.17) is 0 Å². The number of rotatable bonds is 2. The number of esters is 1. The van der Waals surface area contributed by atoms with Gasteiger partial charge in [0.1, 0.15) is 17.1 Å². The van der Waals surface area contributed by atoms with E-state index < -0.39 is 18.1 Å². The van der Waals surface area contributed by atoms with Crippen LogP contribution in [-0.4, -0.2) is 54.3 Å². The van der Waals surface area contributed by atoms with Gasteiger partial charge in [-0.3, -0.25) is 9.69 Å². The molecule has 19 heavy (non-hydrogen) atoms. The summed E-state index contributed by atoms with van der Waals surface area (Å²) in [4.78, 5) is 36.3. The molecule has 2 amide bonds. The molecule has 0 radical (unpaired) electrons. The van der Waals surface area contributed by atoms with Crippen LogP contribution in [0.4, 0.5) is 4.79 Å². The highest BCUT2D eigenvalue weighted by atomic mass is 32.2. The van der Waals surface area contributed by atoms with Crippen molar-refractivity contribution in [2.24, 2.45) is 0 Å². The molecule has 2 atom stereocenters. The molecule has 8 heteroatoms. The molecule has 2 heterocycles. The maximum absolute atomic E-state index is 12.0. The zero-order valence-electron chi connectivity index (χ0n) is 10.8. The molecule has 1 fully saturated rings. The first-order valence-corrected chi connectivity index (χ1v) is 6.63. The minimum atomic E-state index is -0.663. The van der Waals surface area contributed by atoms with Crippen molar-refractivity contribution < 1.29 is 23.9 Å². The fraction of sp³-hybridized carbons (Fsp3) is 0.545. The van der Waals surface area contributed by atoms with Gasteiger partial charge >= 0.3 is 12.1 Å². The SMILES string of the molecule is COC(=O)NC1C(=O)N2C(C(=O)OC)=C(C)CSC12. The van der Waals surface area contributed by atoms with E-state index in [1.165, 1.54) is 30.9 Å². The van der Waals surface area contributed by atoms with Gasteiger partial charge in [-0.05, 0) is 12.5 Å². The number of amides is 2. The highest BCUT2D eigenvalue weighted by Crippen LogP contribution is 2.40. The Morgan fingerprint density at radius 1 is 1.37 bits per heavy atom. The van der Waals surface area contributed by atoms with Gasteiger partial charge in [0.05, 0.1) is 14.2 Å². The van der Waals surface area contributed by atoms with Crippen molar-refractivity contribution in [3.05, 3.63) is 11.3 Å². The van der Waals surface area contributed by atoms with Gasteiger partial charge in [-0.1, -0.05) is 0 Å². The summed E-state index contributed by atoms with van der Waals surface area (Å²) < 4.78 is 9.15. The Hall–Kier alpha value is -1.70. The summed E-state index contributed by atoms with van der Waals surface area (Å²) in [5.74, 6) is -0.256. The lowest BCUT2D eigenvalue weighted by atomic mass is 10.0. The number of nitrogens with one attached hydrogen (secondary N) is 1. The predicted molar refractivity (Wildman–Crippen MR) is 67.1 cm³/mol. The van der Waals surface area contributed by atoms with Crippen LogP contribution in [0.5, 0.6) is 0 Å². The number of alkyl carbamates (subject to hydrolysis) is 1. The number of hydrogen-bond acceptors (Lipinski definition) is 6. The molecule has 2 aliphatic rings. The van der Waals surface area contributed by atoms with Gasteiger partial charge in [0.25, 0.3) is 5.91 Å². The van der Waals surface area contributed by atoms with E-state index in [1.54, 1.807) is 6.92 Å². The van der Waals surface area contributed by atoms with Crippen LogP contribution in [0.25, 0.3) is 0 Å². The highest BCUT2D eigenvalue weighted by molar-refractivity contribution is 8.00. The number of fused-ring (bicyclic) bond motifs is 1. The third-order valence-corrected chi connectivity index (χ3v) is 4.42. The van der Waals surface area contributed by atoms with E-state index in [2.05, 4.69) is 14.8 Å². The third-order valence-electron chi connectivity index (χ3n) is 3.00. The van der Waals surface area contributed by atoms with Crippen LogP contribution in [0.2, 0.25) is 0 Å². The maximum Gasteiger partial charge on any atom is 0.407 e. The summed E-state index contributed by atoms with van der Waals surface area (Å²) in [5.41, 5.74) is 1.07. The molecule has 2 aliphatic heterocycles. The highest BCUT2D eigenvalue weighted by Gasteiger charge is 2.54. The van der Waals surface area contributed by atoms with Crippen LogP contribution in [0, 0.1) is 0 Å². The Bertz CT molecular complexity index is 476. The van der Waals surface area contributed by atoms with Crippen LogP contribution in [0.3, 0.4) is 0 Å². The summed E-state index contributed by atoms with van der Waals surface area (Å²) in [6, 6.07) is -0.662. The van der Waals surface area contributed by atoms with Gasteiger partial charge in [0.2, 0.25) is 0 Å². The molecule has 0 aromatic rings. The fourth-order valence-corrected chi connectivity index (χ4v) is 3.34. The topological polar surface area (TPSA) is 84.9 Å². The summed E-state index contributed by atoms with van der Waals surface area (Å²) in [5, 5.41) is 2.17. The summed E-state index contributed by atoms with van der Waals surface area (Å²) in [6.45, 7) is 1.78. The van der Waals surface area contributed by atoms with E-state index in [0.717, 1.165) is 5.57 Å². The average molecular weight is 286 g/mol. The smallest absolute Gasteiger partial charge is 0.407 e. The van der Waals surface area contributed by atoms with Crippen molar-refractivity contribution in [1.82, 2.24) is 10.2 Å². The molecule has 1 N–H and O–H groups in total. The normalized spacial score (nSPS) is 25.4. The minimum absolute atomic E-state index is 0.277. The largest absolute Gasteiger partial charge is 0.464 e. The Morgan fingerprint density at radius 2 is 2.05 bits per heavy atom. The van der Waals surface area contributed by atoms with Crippen LogP contribution >= 0.6 is 11.8 Å². The molecule has 0 spiro atoms. The minimum Gasteiger partial charge on any atom is -0.464 e. The number of thioether (sulfide) groups is 1. The summed E-state index contributed by atoms with van der Waals surface area (Å²) in [7, 11) is 2.50. The number of ether oxygens (including phenoxy) is 2. The number of β-lactam (4-membered cyclic amide) rings is 1. The molecular formula is C11H14N2O5S. The third kappa shape index (κ3) is 2.16. The zero-order valence-corrected chi connectivity index (χ0v) is 11.6. The molecule has 0 aliphatic carbocycles. The van der Waals surface area contributed by atoms with Crippen molar-refractivity contribution in [2.75, 3.05) is 20.0 Å². The molecule has 2 rings (SSSR count). The van der Waals surface area contributed by atoms with Gasteiger partial charge in [-0.25, -0.2) is 9.59 Å². The molecule has 0 bridgehead atoms. The second-order valence-corrected chi connectivity index (χ2v) is 5.25. The lowest BCUT2D eigenvalue weighted by molar-refractivity contribution is -0.150. The molecule has 1 saturated heterocycles. The van der Waals surface area contributed by atoms with Crippen molar-refractivity contribution in [2.45, 2.75) is 18.3 Å². The van der Waals surface area contributed by atoms with E-state index in [0.29, 0.717) is 5.75 Å². The monoisotopic (exact) mass is 286 g/mol. The van der Waals surface area contributed by atoms with Gasteiger partial charge in [-0.15, -0.1) is 11.8 Å². The van der Waals surface area contributed by atoms with Crippen LogP contribution in [0.15, 0.2) is 11.3 Å². The van der Waals surface area contributed by atoms with E-state index in [1.807, 2.05) is 0 Å². The number of hydrogen-bond donors (Lipinski definition) is 1. The van der Waals surface area contributed by atoms with Gasteiger partial charge in [-0.2, -0.15) is 0 Å². The zero-order chi connectivity index (χ0) is 14.2. The molecule has 0 saturated carbocycles. The first-order valence-electron chi connectivity index (χ1n) is 5.58. The molecule has 2 unspecified atom stereocenters. The number of methoxy groups -OCH3 is 2. The molecule has 0 aromatic heterocycles. The van der Waals surface area contributed by atoms with Crippen LogP contribution < -0.4 is 5.32 Å². The second-order valence-electron chi connectivity index (χ2n) is 4.14. The van der Waals surface area contributed by atoms with Crippen molar-refractivity contribution in [3.63, 3.8) is 0 Å². The Labute approximate surface area is 114 Å². The predicted octanol–water partition coefficient (Wildman–Crippen LogP) is 0.0731. The quantitative estimate of drug-likeness (QED) is 0.571. The van der Waals surface area contributed by atoms with Gasteiger partial charge in [0, 0.05) is 5.75 Å². The summed E-state index contributed by atoms with van der Waals surface area (Å²) >= 11 is 1.49. The number of carbonyl (C=O) groups is 3. The second kappa shape index (κ2) is 5.12. The van der Waals surface area contributed by atoms with Crippen molar-refractivity contribution in [1.29, 1.82) is 0 Å². The average Bonchev–Trinajstić information content (AvgIpc) is 2.43. The molecular weight excluding hydrogens is 272 g/mol. The van der Waals surface area contributed by atoms with Crippen LogP contribution in [-0.2, 0) is 19.1 Å². The number of carbonyl (C=O) groups excluding carboxylic acids is 3. The van der Waals surface area contributed by atoms with Gasteiger partial charge in [0.15, 0.2) is 0 Å². The van der Waals surface area contributed by atoms with Gasteiger partial charge < -0.3 is 14.8 Å². The summed E-state index contributed by atoms with van der Waals surface area (Å²) in [6.07, 6.45) is -0.663. The maximum atomic E-state index is 12.0. The van der Waals surface area contributed by atoms with E-state index >= 15 is 0 Å². The lowest BCUT2D eigenvalue weighted by Gasteiger charge is -2.49. The molecule has 104 valence electrons. The Kier molecular flexibility index (Phi) is 3.70.